The van der Waals surface area contributed by atoms with E-state index in [-0.39, 0.29) is 5.91 Å². The standard InChI is InChI=1S/C21H28BrN3O3S/c1-4-8-28-19-17(22)9-15(10-18(19)27-3)20(26)24-21-23-16(13-29-21)12-25-7-5-6-14(2)11-25/h9-10,13-14H,4-8,11-12H2,1-3H3,(H,23,24,26). The predicted molar refractivity (Wildman–Crippen MR) is 120 cm³/mol. The number of thiazole rings is 1. The number of halogens is 1. The van der Waals surface area contributed by atoms with E-state index in [0.29, 0.717) is 33.3 Å². The van der Waals surface area contributed by atoms with Crippen molar-refractivity contribution in [3.8, 4) is 11.5 Å². The van der Waals surface area contributed by atoms with Crippen LogP contribution in [-0.4, -0.2) is 42.6 Å². The largest absolute Gasteiger partial charge is 0.493 e. The number of rotatable bonds is 8. The highest BCUT2D eigenvalue weighted by Gasteiger charge is 2.19. The number of aromatic nitrogens is 1. The summed E-state index contributed by atoms with van der Waals surface area (Å²) in [6, 6.07) is 3.43. The average Bonchev–Trinajstić information content (AvgIpc) is 3.13. The number of methoxy groups -OCH3 is 1. The zero-order valence-electron chi connectivity index (χ0n) is 17.2. The van der Waals surface area contributed by atoms with E-state index in [1.165, 1.54) is 24.2 Å². The van der Waals surface area contributed by atoms with Gasteiger partial charge in [0.25, 0.3) is 5.91 Å². The van der Waals surface area contributed by atoms with Gasteiger partial charge >= 0.3 is 0 Å². The van der Waals surface area contributed by atoms with Gasteiger partial charge in [-0.3, -0.25) is 15.0 Å². The van der Waals surface area contributed by atoms with Crippen LogP contribution < -0.4 is 14.8 Å². The first-order chi connectivity index (χ1) is 14.0. The summed E-state index contributed by atoms with van der Waals surface area (Å²) >= 11 is 4.94. The fourth-order valence-corrected chi connectivity index (χ4v) is 4.71. The topological polar surface area (TPSA) is 63.7 Å². The number of carbonyl (C=O) groups excluding carboxylic acids is 1. The third-order valence-electron chi connectivity index (χ3n) is 4.84. The molecular weight excluding hydrogens is 454 g/mol. The second-order valence-electron chi connectivity index (χ2n) is 7.42. The molecule has 0 radical (unpaired) electrons. The molecule has 1 atom stereocenters. The van der Waals surface area contributed by atoms with Gasteiger partial charge in [-0.2, -0.15) is 0 Å². The summed E-state index contributed by atoms with van der Waals surface area (Å²) in [4.78, 5) is 19.8. The highest BCUT2D eigenvalue weighted by molar-refractivity contribution is 9.10. The first-order valence-corrected chi connectivity index (χ1v) is 11.7. The van der Waals surface area contributed by atoms with Crippen molar-refractivity contribution in [2.24, 2.45) is 5.92 Å². The lowest BCUT2D eigenvalue weighted by molar-refractivity contribution is 0.102. The highest BCUT2D eigenvalue weighted by atomic mass is 79.9. The van der Waals surface area contributed by atoms with Crippen molar-refractivity contribution in [1.82, 2.24) is 9.88 Å². The van der Waals surface area contributed by atoms with Crippen LogP contribution in [0.25, 0.3) is 0 Å². The molecule has 1 amide bonds. The van der Waals surface area contributed by atoms with Crippen molar-refractivity contribution in [2.45, 2.75) is 39.7 Å². The number of ether oxygens (including phenoxy) is 2. The summed E-state index contributed by atoms with van der Waals surface area (Å²) in [6.45, 7) is 7.97. The first-order valence-electron chi connectivity index (χ1n) is 9.98. The van der Waals surface area contributed by atoms with Gasteiger partial charge in [0, 0.05) is 24.0 Å². The minimum atomic E-state index is -0.224. The van der Waals surface area contributed by atoms with Crippen LogP contribution in [0.5, 0.6) is 11.5 Å². The van der Waals surface area contributed by atoms with Gasteiger partial charge in [0.15, 0.2) is 16.6 Å². The minimum Gasteiger partial charge on any atom is -0.493 e. The maximum atomic E-state index is 12.7. The Bertz CT molecular complexity index is 843. The minimum absolute atomic E-state index is 0.224. The number of piperidine rings is 1. The second kappa shape index (κ2) is 10.4. The molecule has 2 aromatic rings. The molecular formula is C21H28BrN3O3S. The van der Waals surface area contributed by atoms with E-state index in [2.05, 4.69) is 38.1 Å². The Morgan fingerprint density at radius 2 is 2.28 bits per heavy atom. The first kappa shape index (κ1) is 22.1. The monoisotopic (exact) mass is 481 g/mol. The van der Waals surface area contributed by atoms with Gasteiger partial charge in [-0.25, -0.2) is 4.98 Å². The number of likely N-dealkylation sites (tertiary alicyclic amines) is 1. The number of carbonyl (C=O) groups is 1. The molecule has 1 aromatic carbocycles. The molecule has 1 saturated heterocycles. The lowest BCUT2D eigenvalue weighted by atomic mass is 10.0. The van der Waals surface area contributed by atoms with E-state index in [9.17, 15) is 4.79 Å². The summed E-state index contributed by atoms with van der Waals surface area (Å²) in [7, 11) is 1.57. The second-order valence-corrected chi connectivity index (χ2v) is 9.13. The van der Waals surface area contributed by atoms with Crippen LogP contribution in [0.2, 0.25) is 0 Å². The van der Waals surface area contributed by atoms with Crippen LogP contribution in [0.1, 0.15) is 49.2 Å². The SMILES string of the molecule is CCCOc1c(Br)cc(C(=O)Nc2nc(CN3CCCC(C)C3)cs2)cc1OC. The van der Waals surface area contributed by atoms with Gasteiger partial charge in [0.05, 0.1) is 23.9 Å². The zero-order chi connectivity index (χ0) is 20.8. The number of benzene rings is 1. The molecule has 2 heterocycles. The van der Waals surface area contributed by atoms with Crippen molar-refractivity contribution in [2.75, 3.05) is 32.1 Å². The van der Waals surface area contributed by atoms with Crippen molar-refractivity contribution in [1.29, 1.82) is 0 Å². The third-order valence-corrected chi connectivity index (χ3v) is 6.24. The van der Waals surface area contributed by atoms with Crippen LogP contribution in [0.4, 0.5) is 5.13 Å². The molecule has 1 aliphatic heterocycles. The van der Waals surface area contributed by atoms with E-state index in [0.717, 1.165) is 37.7 Å². The molecule has 0 bridgehead atoms. The molecule has 1 N–H and O–H groups in total. The van der Waals surface area contributed by atoms with Gasteiger partial charge in [0.1, 0.15) is 0 Å². The van der Waals surface area contributed by atoms with E-state index in [1.54, 1.807) is 19.2 Å². The summed E-state index contributed by atoms with van der Waals surface area (Å²) in [5.41, 5.74) is 1.49. The molecule has 1 fully saturated rings. The van der Waals surface area contributed by atoms with Crippen molar-refractivity contribution in [3.63, 3.8) is 0 Å². The molecule has 6 nitrogen and oxygen atoms in total. The zero-order valence-corrected chi connectivity index (χ0v) is 19.6. The number of nitrogens with one attached hydrogen (secondary N) is 1. The van der Waals surface area contributed by atoms with E-state index < -0.39 is 0 Å². The molecule has 3 rings (SSSR count). The Kier molecular flexibility index (Phi) is 7.91. The van der Waals surface area contributed by atoms with Crippen molar-refractivity contribution in [3.05, 3.63) is 33.2 Å². The Labute approximate surface area is 184 Å². The predicted octanol–water partition coefficient (Wildman–Crippen LogP) is 5.19. The van der Waals surface area contributed by atoms with Crippen LogP contribution in [-0.2, 0) is 6.54 Å². The van der Waals surface area contributed by atoms with Crippen LogP contribution in [0.3, 0.4) is 0 Å². The van der Waals surface area contributed by atoms with E-state index in [1.807, 2.05) is 12.3 Å². The number of nitrogens with zero attached hydrogens (tertiary/aromatic N) is 2. The van der Waals surface area contributed by atoms with Crippen LogP contribution in [0.15, 0.2) is 22.0 Å². The van der Waals surface area contributed by atoms with Crippen molar-refractivity contribution < 1.29 is 14.3 Å². The molecule has 158 valence electrons. The number of hydrogen-bond donors (Lipinski definition) is 1. The molecule has 1 aromatic heterocycles. The summed E-state index contributed by atoms with van der Waals surface area (Å²) in [5.74, 6) is 1.65. The molecule has 8 heteroatoms. The Balaban J connectivity index is 1.66. The Hall–Kier alpha value is -1.64. The highest BCUT2D eigenvalue weighted by Crippen LogP contribution is 2.37. The fraction of sp³-hybridized carbons (Fsp3) is 0.524. The summed E-state index contributed by atoms with van der Waals surface area (Å²) in [5, 5.41) is 5.53. The molecule has 0 saturated carbocycles. The lowest BCUT2D eigenvalue weighted by Gasteiger charge is -2.30. The van der Waals surface area contributed by atoms with Gasteiger partial charge in [-0.05, 0) is 59.8 Å². The van der Waals surface area contributed by atoms with Gasteiger partial charge in [0.2, 0.25) is 0 Å². The smallest absolute Gasteiger partial charge is 0.257 e. The van der Waals surface area contributed by atoms with E-state index >= 15 is 0 Å². The number of amides is 1. The van der Waals surface area contributed by atoms with Gasteiger partial charge in [-0.1, -0.05) is 13.8 Å². The van der Waals surface area contributed by atoms with E-state index in [4.69, 9.17) is 9.47 Å². The van der Waals surface area contributed by atoms with Gasteiger partial charge < -0.3 is 9.47 Å². The molecule has 29 heavy (non-hydrogen) atoms. The van der Waals surface area contributed by atoms with Crippen LogP contribution in [0, 0.1) is 5.92 Å². The van der Waals surface area contributed by atoms with Crippen LogP contribution >= 0.6 is 27.3 Å². The molecule has 0 aliphatic carbocycles. The number of anilines is 1. The average molecular weight is 482 g/mol. The normalized spacial score (nSPS) is 17.2. The maximum absolute atomic E-state index is 12.7. The van der Waals surface area contributed by atoms with Crippen molar-refractivity contribution >= 4 is 38.3 Å². The maximum Gasteiger partial charge on any atom is 0.257 e. The summed E-state index contributed by atoms with van der Waals surface area (Å²) < 4.78 is 11.8. The Morgan fingerprint density at radius 3 is 3.00 bits per heavy atom. The Morgan fingerprint density at radius 1 is 1.45 bits per heavy atom. The quantitative estimate of drug-likeness (QED) is 0.561. The summed E-state index contributed by atoms with van der Waals surface area (Å²) in [6.07, 6.45) is 3.43. The van der Waals surface area contributed by atoms with Gasteiger partial charge in [-0.15, -0.1) is 11.3 Å². The third kappa shape index (κ3) is 5.93. The molecule has 1 unspecified atom stereocenters. The fourth-order valence-electron chi connectivity index (χ4n) is 3.46. The molecule has 1 aliphatic rings. The lowest BCUT2D eigenvalue weighted by Crippen LogP contribution is -2.33. The number of hydrogen-bond acceptors (Lipinski definition) is 6. The molecule has 0 spiro atoms.